The van der Waals surface area contributed by atoms with E-state index in [0.717, 1.165) is 11.3 Å². The molecule has 0 bridgehead atoms. The van der Waals surface area contributed by atoms with Crippen LogP contribution in [0.3, 0.4) is 0 Å². The van der Waals surface area contributed by atoms with Gasteiger partial charge < -0.3 is 4.84 Å². The molecule has 0 atom stereocenters. The molecule has 1 aromatic carbocycles. The SMILES string of the molecule is O=C(ONCc1ccc(S(=O)(=O)Cl)s1)c1ccc(Cl)cc1. The minimum Gasteiger partial charge on any atom is -0.366 e. The number of halogens is 2. The van der Waals surface area contributed by atoms with Crippen molar-refractivity contribution in [1.82, 2.24) is 5.48 Å². The van der Waals surface area contributed by atoms with E-state index >= 15 is 0 Å². The van der Waals surface area contributed by atoms with Crippen molar-refractivity contribution in [3.63, 3.8) is 0 Å². The Morgan fingerprint density at radius 3 is 2.43 bits per heavy atom. The van der Waals surface area contributed by atoms with E-state index in [0.29, 0.717) is 15.5 Å². The van der Waals surface area contributed by atoms with Crippen LogP contribution in [0.1, 0.15) is 15.2 Å². The summed E-state index contributed by atoms with van der Waals surface area (Å²) >= 11 is 6.71. The van der Waals surface area contributed by atoms with Crippen molar-refractivity contribution in [2.75, 3.05) is 0 Å². The fourth-order valence-corrected chi connectivity index (χ4v) is 3.58. The minimum atomic E-state index is -3.73. The van der Waals surface area contributed by atoms with Crippen LogP contribution < -0.4 is 5.48 Å². The molecule has 1 N–H and O–H groups in total. The lowest BCUT2D eigenvalue weighted by atomic mass is 10.2. The first-order valence-corrected chi connectivity index (χ1v) is 9.09. The van der Waals surface area contributed by atoms with Crippen LogP contribution in [0.15, 0.2) is 40.6 Å². The number of carbonyl (C=O) groups is 1. The Hall–Kier alpha value is -1.12. The molecule has 0 aliphatic carbocycles. The van der Waals surface area contributed by atoms with Crippen LogP contribution in [0, 0.1) is 0 Å². The van der Waals surface area contributed by atoms with Gasteiger partial charge in [-0.3, -0.25) is 0 Å². The number of benzene rings is 1. The highest BCUT2D eigenvalue weighted by atomic mass is 35.7. The number of carbonyl (C=O) groups excluding carboxylic acids is 1. The number of nitrogens with one attached hydrogen (secondary N) is 1. The number of hydroxylamine groups is 1. The Kier molecular flexibility index (Phi) is 5.23. The Morgan fingerprint density at radius 1 is 1.19 bits per heavy atom. The largest absolute Gasteiger partial charge is 0.366 e. The van der Waals surface area contributed by atoms with Gasteiger partial charge in [0.15, 0.2) is 0 Å². The summed E-state index contributed by atoms with van der Waals surface area (Å²) in [5.74, 6) is -0.562. The van der Waals surface area contributed by atoms with Gasteiger partial charge in [-0.25, -0.2) is 13.2 Å². The van der Waals surface area contributed by atoms with Gasteiger partial charge in [0, 0.05) is 20.6 Å². The zero-order chi connectivity index (χ0) is 15.5. The summed E-state index contributed by atoms with van der Waals surface area (Å²) in [5, 5.41) is 0.521. The maximum atomic E-state index is 11.7. The molecule has 0 aliphatic rings. The van der Waals surface area contributed by atoms with E-state index < -0.39 is 15.0 Å². The van der Waals surface area contributed by atoms with E-state index in [9.17, 15) is 13.2 Å². The molecule has 112 valence electrons. The first kappa shape index (κ1) is 16.3. The zero-order valence-corrected chi connectivity index (χ0v) is 13.5. The van der Waals surface area contributed by atoms with Crippen molar-refractivity contribution in [1.29, 1.82) is 0 Å². The molecule has 0 radical (unpaired) electrons. The lowest BCUT2D eigenvalue weighted by Crippen LogP contribution is -2.19. The van der Waals surface area contributed by atoms with Gasteiger partial charge in [-0.2, -0.15) is 0 Å². The summed E-state index contributed by atoms with van der Waals surface area (Å²) < 4.78 is 22.2. The fraction of sp³-hybridized carbons (Fsp3) is 0.0833. The second-order valence-electron chi connectivity index (χ2n) is 3.88. The van der Waals surface area contributed by atoms with E-state index in [-0.39, 0.29) is 10.8 Å². The topological polar surface area (TPSA) is 72.5 Å². The highest BCUT2D eigenvalue weighted by Crippen LogP contribution is 2.24. The van der Waals surface area contributed by atoms with Crippen molar-refractivity contribution in [2.45, 2.75) is 10.8 Å². The summed E-state index contributed by atoms with van der Waals surface area (Å²) in [6.45, 7) is 0.177. The van der Waals surface area contributed by atoms with Gasteiger partial charge in [0.2, 0.25) is 0 Å². The molecule has 0 spiro atoms. The molecule has 0 fully saturated rings. The van der Waals surface area contributed by atoms with Crippen molar-refractivity contribution in [3.8, 4) is 0 Å². The van der Waals surface area contributed by atoms with E-state index in [4.69, 9.17) is 27.1 Å². The monoisotopic (exact) mass is 365 g/mol. The molecule has 0 unspecified atom stereocenters. The maximum absolute atomic E-state index is 11.7. The molecular weight excluding hydrogens is 357 g/mol. The summed E-state index contributed by atoms with van der Waals surface area (Å²) in [7, 11) is 1.49. The van der Waals surface area contributed by atoms with Crippen LogP contribution in [0.2, 0.25) is 5.02 Å². The molecule has 2 aromatic rings. The summed E-state index contributed by atoms with van der Waals surface area (Å²) in [6.07, 6.45) is 0. The molecule has 2 rings (SSSR count). The van der Waals surface area contributed by atoms with E-state index in [1.807, 2.05) is 0 Å². The average molecular weight is 366 g/mol. The van der Waals surface area contributed by atoms with Crippen molar-refractivity contribution in [2.24, 2.45) is 0 Å². The summed E-state index contributed by atoms with van der Waals surface area (Å²) in [5.41, 5.74) is 2.82. The quantitative estimate of drug-likeness (QED) is 0.650. The molecule has 21 heavy (non-hydrogen) atoms. The summed E-state index contributed by atoms with van der Waals surface area (Å²) in [6, 6.07) is 9.21. The van der Waals surface area contributed by atoms with Gasteiger partial charge >= 0.3 is 5.97 Å². The Morgan fingerprint density at radius 2 is 1.86 bits per heavy atom. The normalized spacial score (nSPS) is 11.3. The molecule has 5 nitrogen and oxygen atoms in total. The van der Waals surface area contributed by atoms with Gasteiger partial charge in [0.1, 0.15) is 4.21 Å². The number of hydrogen-bond donors (Lipinski definition) is 1. The average Bonchev–Trinajstić information content (AvgIpc) is 2.88. The van der Waals surface area contributed by atoms with Crippen LogP contribution in [0.25, 0.3) is 0 Å². The molecule has 0 saturated carbocycles. The predicted molar refractivity (Wildman–Crippen MR) is 81.1 cm³/mol. The van der Waals surface area contributed by atoms with Gasteiger partial charge in [-0.1, -0.05) is 11.6 Å². The predicted octanol–water partition coefficient (Wildman–Crippen LogP) is 3.19. The minimum absolute atomic E-state index is 0.0463. The lowest BCUT2D eigenvalue weighted by molar-refractivity contribution is 0.0239. The smallest absolute Gasteiger partial charge is 0.356 e. The number of rotatable bonds is 5. The van der Waals surface area contributed by atoms with Gasteiger partial charge in [-0.15, -0.1) is 16.8 Å². The van der Waals surface area contributed by atoms with Gasteiger partial charge in [0.05, 0.1) is 12.1 Å². The molecular formula is C12H9Cl2NO4S2. The molecule has 0 saturated heterocycles. The Bertz CT molecular complexity index is 741. The third-order valence-electron chi connectivity index (χ3n) is 2.37. The third-order valence-corrected chi connectivity index (χ3v) is 5.80. The third kappa shape index (κ3) is 4.69. The van der Waals surface area contributed by atoms with Crippen molar-refractivity contribution >= 4 is 48.6 Å². The van der Waals surface area contributed by atoms with Crippen LogP contribution in [0.5, 0.6) is 0 Å². The first-order chi connectivity index (χ1) is 9.86. The molecule has 9 heteroatoms. The number of thiophene rings is 1. The van der Waals surface area contributed by atoms with Gasteiger partial charge in [0.25, 0.3) is 9.05 Å². The highest BCUT2D eigenvalue weighted by molar-refractivity contribution is 8.15. The van der Waals surface area contributed by atoms with E-state index in [2.05, 4.69) is 5.48 Å². The van der Waals surface area contributed by atoms with Crippen LogP contribution >= 0.6 is 33.6 Å². The molecule has 1 aromatic heterocycles. The van der Waals surface area contributed by atoms with Crippen LogP contribution in [0.4, 0.5) is 0 Å². The lowest BCUT2D eigenvalue weighted by Gasteiger charge is -2.04. The molecule has 0 aliphatic heterocycles. The highest BCUT2D eigenvalue weighted by Gasteiger charge is 2.13. The molecule has 1 heterocycles. The van der Waals surface area contributed by atoms with Crippen molar-refractivity contribution in [3.05, 3.63) is 51.9 Å². The standard InChI is InChI=1S/C12H9Cl2NO4S2/c13-9-3-1-8(2-4-9)12(16)19-15-7-10-5-6-11(20-10)21(14,17)18/h1-6,15H,7H2. The van der Waals surface area contributed by atoms with Gasteiger partial charge in [-0.05, 0) is 36.4 Å². The maximum Gasteiger partial charge on any atom is 0.356 e. The summed E-state index contributed by atoms with van der Waals surface area (Å²) in [4.78, 5) is 17.2. The van der Waals surface area contributed by atoms with Crippen LogP contribution in [-0.2, 0) is 20.4 Å². The number of hydrogen-bond acceptors (Lipinski definition) is 6. The second kappa shape index (κ2) is 6.76. The van der Waals surface area contributed by atoms with E-state index in [1.54, 1.807) is 18.2 Å². The molecule has 0 amide bonds. The Labute approximate surface area is 134 Å². The second-order valence-corrected chi connectivity index (χ2v) is 8.27. The van der Waals surface area contributed by atoms with Crippen LogP contribution in [-0.4, -0.2) is 14.4 Å². The van der Waals surface area contributed by atoms with Crippen molar-refractivity contribution < 1.29 is 18.0 Å². The fourth-order valence-electron chi connectivity index (χ4n) is 1.40. The zero-order valence-electron chi connectivity index (χ0n) is 10.4. The van der Waals surface area contributed by atoms with E-state index in [1.165, 1.54) is 18.2 Å². The first-order valence-electron chi connectivity index (χ1n) is 5.59. The Balaban J connectivity index is 1.88.